The zero-order valence-corrected chi connectivity index (χ0v) is 15.2. The molecule has 0 unspecified atom stereocenters. The lowest BCUT2D eigenvalue weighted by Crippen LogP contribution is -2.11. The summed E-state index contributed by atoms with van der Waals surface area (Å²) in [6.07, 6.45) is 0. The van der Waals surface area contributed by atoms with Crippen molar-refractivity contribution in [3.05, 3.63) is 58.1 Å². The van der Waals surface area contributed by atoms with Gasteiger partial charge in [0.1, 0.15) is 11.5 Å². The Morgan fingerprint density at radius 1 is 1.10 bits per heavy atom. The maximum absolute atomic E-state index is 6.21. The summed E-state index contributed by atoms with van der Waals surface area (Å²) < 4.78 is 5.96. The van der Waals surface area contributed by atoms with E-state index < -0.39 is 0 Å². The molecule has 0 saturated heterocycles. The molecule has 21 heavy (non-hydrogen) atoms. The number of aryl methyl sites for hydroxylation is 1. The Bertz CT molecular complexity index is 644. The smallest absolute Gasteiger partial charge is 0.130 e. The Hall–Kier alpha value is -0.990. The maximum Gasteiger partial charge on any atom is 0.130 e. The van der Waals surface area contributed by atoms with E-state index in [-0.39, 0.29) is 5.41 Å². The average Bonchev–Trinajstić information content (AvgIpc) is 2.40. The van der Waals surface area contributed by atoms with Crippen molar-refractivity contribution >= 4 is 27.5 Å². The zero-order valence-electron chi connectivity index (χ0n) is 12.8. The summed E-state index contributed by atoms with van der Waals surface area (Å²) in [5.41, 5.74) is 3.64. The highest BCUT2D eigenvalue weighted by Gasteiger charge is 2.15. The second-order valence-electron chi connectivity index (χ2n) is 6.22. The molecule has 2 rings (SSSR count). The summed E-state index contributed by atoms with van der Waals surface area (Å²) in [4.78, 5) is 0. The number of halogens is 2. The highest BCUT2D eigenvalue weighted by molar-refractivity contribution is 9.08. The number of hydrogen-bond donors (Lipinski definition) is 0. The van der Waals surface area contributed by atoms with Gasteiger partial charge >= 0.3 is 0 Å². The van der Waals surface area contributed by atoms with Gasteiger partial charge in [-0.15, -0.1) is 0 Å². The lowest BCUT2D eigenvalue weighted by atomic mass is 9.86. The van der Waals surface area contributed by atoms with Gasteiger partial charge < -0.3 is 4.74 Å². The summed E-state index contributed by atoms with van der Waals surface area (Å²) in [6.45, 7) is 8.70. The van der Waals surface area contributed by atoms with Gasteiger partial charge in [0, 0.05) is 10.4 Å². The number of ether oxygens (including phenoxy) is 1. The molecule has 0 atom stereocenters. The number of alkyl halides is 1. The van der Waals surface area contributed by atoms with Gasteiger partial charge in [-0.25, -0.2) is 0 Å². The Labute approximate surface area is 140 Å². The molecule has 0 radical (unpaired) electrons. The minimum atomic E-state index is 0.143. The highest BCUT2D eigenvalue weighted by atomic mass is 79.9. The lowest BCUT2D eigenvalue weighted by molar-refractivity contribution is 0.477. The van der Waals surface area contributed by atoms with Crippen LogP contribution in [-0.4, -0.2) is 0 Å². The third-order valence-corrected chi connectivity index (χ3v) is 4.39. The molecule has 112 valence electrons. The van der Waals surface area contributed by atoms with Crippen LogP contribution in [0.1, 0.15) is 37.5 Å². The average molecular weight is 368 g/mol. The molecule has 0 N–H and O–H groups in total. The summed E-state index contributed by atoms with van der Waals surface area (Å²) in [6, 6.07) is 12.1. The summed E-state index contributed by atoms with van der Waals surface area (Å²) >= 11 is 9.62. The number of benzene rings is 2. The van der Waals surface area contributed by atoms with E-state index in [4.69, 9.17) is 16.3 Å². The van der Waals surface area contributed by atoms with E-state index in [9.17, 15) is 0 Å². The van der Waals surface area contributed by atoms with Crippen molar-refractivity contribution in [3.63, 3.8) is 0 Å². The van der Waals surface area contributed by atoms with Crippen molar-refractivity contribution < 1.29 is 4.74 Å². The van der Waals surface area contributed by atoms with Crippen molar-refractivity contribution in [3.8, 4) is 11.5 Å². The summed E-state index contributed by atoms with van der Waals surface area (Å²) in [5.74, 6) is 1.63. The van der Waals surface area contributed by atoms with Crippen LogP contribution in [0.3, 0.4) is 0 Å². The van der Waals surface area contributed by atoms with Gasteiger partial charge in [-0.2, -0.15) is 0 Å². The van der Waals surface area contributed by atoms with Gasteiger partial charge in [0.25, 0.3) is 0 Å². The van der Waals surface area contributed by atoms with Crippen molar-refractivity contribution in [2.75, 3.05) is 0 Å². The quantitative estimate of drug-likeness (QED) is 0.553. The molecule has 0 fully saturated rings. The number of rotatable bonds is 3. The van der Waals surface area contributed by atoms with E-state index in [1.807, 2.05) is 24.3 Å². The predicted octanol–water partition coefficient (Wildman–Crippen LogP) is 6.63. The third kappa shape index (κ3) is 4.02. The van der Waals surface area contributed by atoms with E-state index in [1.54, 1.807) is 0 Å². The van der Waals surface area contributed by atoms with Crippen LogP contribution in [0.4, 0.5) is 0 Å². The molecule has 0 aliphatic heterocycles. The molecule has 1 nitrogen and oxygen atoms in total. The molecule has 2 aromatic rings. The minimum Gasteiger partial charge on any atom is -0.457 e. The molecule has 0 bridgehead atoms. The fourth-order valence-corrected chi connectivity index (χ4v) is 2.95. The zero-order chi connectivity index (χ0) is 15.6. The summed E-state index contributed by atoms with van der Waals surface area (Å²) in [7, 11) is 0. The standard InChI is InChI=1S/C18H20BrClO/c1-12-9-14(18(2,3)4)6-8-17(12)21-15-7-5-13(11-19)16(20)10-15/h5-10H,11H2,1-4H3. The fourth-order valence-electron chi connectivity index (χ4n) is 2.06. The first-order chi connectivity index (χ1) is 9.81. The van der Waals surface area contributed by atoms with E-state index in [2.05, 4.69) is 55.8 Å². The fraction of sp³-hybridized carbons (Fsp3) is 0.333. The molecule has 2 aromatic carbocycles. The van der Waals surface area contributed by atoms with Crippen LogP contribution in [0.15, 0.2) is 36.4 Å². The first-order valence-electron chi connectivity index (χ1n) is 6.94. The van der Waals surface area contributed by atoms with Crippen molar-refractivity contribution in [2.24, 2.45) is 0 Å². The molecule has 0 amide bonds. The molecular formula is C18H20BrClO. The maximum atomic E-state index is 6.21. The van der Waals surface area contributed by atoms with Crippen LogP contribution in [0.2, 0.25) is 5.02 Å². The van der Waals surface area contributed by atoms with Crippen LogP contribution in [0.25, 0.3) is 0 Å². The van der Waals surface area contributed by atoms with E-state index in [0.29, 0.717) is 5.02 Å². The molecule has 0 aromatic heterocycles. The minimum absolute atomic E-state index is 0.143. The van der Waals surface area contributed by atoms with Crippen LogP contribution < -0.4 is 4.74 Å². The molecule has 0 heterocycles. The van der Waals surface area contributed by atoms with Crippen LogP contribution in [-0.2, 0) is 10.7 Å². The largest absolute Gasteiger partial charge is 0.457 e. The Morgan fingerprint density at radius 2 is 1.81 bits per heavy atom. The van der Waals surface area contributed by atoms with Gasteiger partial charge in [-0.05, 0) is 47.2 Å². The monoisotopic (exact) mass is 366 g/mol. The van der Waals surface area contributed by atoms with E-state index in [0.717, 1.165) is 28.0 Å². The molecular weight excluding hydrogens is 348 g/mol. The van der Waals surface area contributed by atoms with Crippen LogP contribution in [0, 0.1) is 6.92 Å². The van der Waals surface area contributed by atoms with Gasteiger partial charge in [0.15, 0.2) is 0 Å². The lowest BCUT2D eigenvalue weighted by Gasteiger charge is -2.20. The van der Waals surface area contributed by atoms with Crippen molar-refractivity contribution in [2.45, 2.75) is 38.4 Å². The second kappa shape index (κ2) is 6.41. The first kappa shape index (κ1) is 16.4. The Balaban J connectivity index is 2.26. The van der Waals surface area contributed by atoms with Gasteiger partial charge in [-0.3, -0.25) is 0 Å². The topological polar surface area (TPSA) is 9.23 Å². The van der Waals surface area contributed by atoms with Gasteiger partial charge in [0.05, 0.1) is 0 Å². The Morgan fingerprint density at radius 3 is 2.33 bits per heavy atom. The third-order valence-electron chi connectivity index (χ3n) is 3.44. The molecule has 3 heteroatoms. The first-order valence-corrected chi connectivity index (χ1v) is 8.44. The second-order valence-corrected chi connectivity index (χ2v) is 7.19. The molecule has 0 aliphatic rings. The van der Waals surface area contributed by atoms with Crippen LogP contribution >= 0.6 is 27.5 Å². The molecule has 0 spiro atoms. The summed E-state index contributed by atoms with van der Waals surface area (Å²) in [5, 5.41) is 1.46. The van der Waals surface area contributed by atoms with E-state index in [1.165, 1.54) is 5.56 Å². The van der Waals surface area contributed by atoms with E-state index >= 15 is 0 Å². The Kier molecular flexibility index (Phi) is 5.00. The SMILES string of the molecule is Cc1cc(C(C)(C)C)ccc1Oc1ccc(CBr)c(Cl)c1. The van der Waals surface area contributed by atoms with Crippen molar-refractivity contribution in [1.82, 2.24) is 0 Å². The molecule has 0 saturated carbocycles. The van der Waals surface area contributed by atoms with Crippen LogP contribution in [0.5, 0.6) is 11.5 Å². The normalized spacial score (nSPS) is 11.5. The highest BCUT2D eigenvalue weighted by Crippen LogP contribution is 2.32. The van der Waals surface area contributed by atoms with Crippen molar-refractivity contribution in [1.29, 1.82) is 0 Å². The van der Waals surface area contributed by atoms with Gasteiger partial charge in [0.2, 0.25) is 0 Å². The predicted molar refractivity (Wildman–Crippen MR) is 94.0 cm³/mol. The molecule has 0 aliphatic carbocycles. The number of hydrogen-bond acceptors (Lipinski definition) is 1. The van der Waals surface area contributed by atoms with Gasteiger partial charge in [-0.1, -0.05) is 66.5 Å².